The number of carbonyl (C=O) groups is 2. The fraction of sp³-hybridized carbons (Fsp3) is 0.312. The molecule has 4 heterocycles. The molecule has 3 aromatic carbocycles. The largest absolute Gasteiger partial charge is 0.466 e. The molecule has 8 rings (SSSR count). The van der Waals surface area contributed by atoms with Crippen molar-refractivity contribution in [3.63, 3.8) is 0 Å². The third-order valence-corrected chi connectivity index (χ3v) is 9.51. The highest BCUT2D eigenvalue weighted by Gasteiger charge is 2.81. The lowest BCUT2D eigenvalue weighted by molar-refractivity contribution is -0.153. The summed E-state index contributed by atoms with van der Waals surface area (Å²) in [6, 6.07) is 23.9. The van der Waals surface area contributed by atoms with Gasteiger partial charge in [-0.25, -0.2) is 9.97 Å². The van der Waals surface area contributed by atoms with Gasteiger partial charge in [-0.2, -0.15) is 0 Å². The van der Waals surface area contributed by atoms with E-state index in [1.165, 1.54) is 0 Å². The molecule has 0 bridgehead atoms. The van der Waals surface area contributed by atoms with Gasteiger partial charge in [0.15, 0.2) is 0 Å². The van der Waals surface area contributed by atoms with Crippen LogP contribution in [0.2, 0.25) is 0 Å². The first-order valence-corrected chi connectivity index (χ1v) is 13.7. The van der Waals surface area contributed by atoms with E-state index >= 15 is 4.79 Å². The smallest absolute Gasteiger partial charge is 0.312 e. The van der Waals surface area contributed by atoms with E-state index in [0.717, 1.165) is 64.2 Å². The van der Waals surface area contributed by atoms with Crippen LogP contribution in [0.5, 0.6) is 0 Å². The molecule has 0 saturated carbocycles. The van der Waals surface area contributed by atoms with E-state index in [9.17, 15) is 4.79 Å². The molecule has 7 heteroatoms. The highest BCUT2D eigenvalue weighted by atomic mass is 16.5. The van der Waals surface area contributed by atoms with Crippen molar-refractivity contribution < 1.29 is 14.3 Å². The van der Waals surface area contributed by atoms with Crippen molar-refractivity contribution in [3.05, 3.63) is 89.6 Å². The van der Waals surface area contributed by atoms with Crippen molar-refractivity contribution in [2.75, 3.05) is 25.1 Å². The molecule has 2 spiro atoms. The Bertz CT molecular complexity index is 1720. The zero-order chi connectivity index (χ0) is 26.5. The Morgan fingerprint density at radius 3 is 2.46 bits per heavy atom. The summed E-state index contributed by atoms with van der Waals surface area (Å²) in [5, 5.41) is 0. The lowest BCUT2D eigenvalue weighted by Crippen LogP contribution is -2.60. The number of nitrogens with zero attached hydrogens (tertiary/aromatic N) is 4. The number of anilines is 1. The predicted octanol–water partition coefficient (Wildman–Crippen LogP) is 4.43. The van der Waals surface area contributed by atoms with E-state index in [0.29, 0.717) is 0 Å². The van der Waals surface area contributed by atoms with Crippen LogP contribution in [-0.2, 0) is 25.3 Å². The summed E-state index contributed by atoms with van der Waals surface area (Å²) in [6.45, 7) is 2.84. The molecule has 0 radical (unpaired) electrons. The Kier molecular flexibility index (Phi) is 4.53. The topological polar surface area (TPSA) is 75.6 Å². The summed E-state index contributed by atoms with van der Waals surface area (Å²) < 4.78 is 5.80. The first-order valence-electron chi connectivity index (χ1n) is 13.7. The monoisotopic (exact) mass is 516 g/mol. The number of carbonyl (C=O) groups excluding carboxylic acids is 2. The Labute approximate surface area is 226 Å². The van der Waals surface area contributed by atoms with Crippen LogP contribution < -0.4 is 4.90 Å². The van der Waals surface area contributed by atoms with Gasteiger partial charge in [-0.1, -0.05) is 54.6 Å². The second kappa shape index (κ2) is 7.73. The molecule has 2 saturated heterocycles. The van der Waals surface area contributed by atoms with Gasteiger partial charge in [0.2, 0.25) is 5.91 Å². The van der Waals surface area contributed by atoms with Crippen LogP contribution in [0.15, 0.2) is 72.8 Å². The normalized spacial score (nSPS) is 28.3. The molecule has 4 aliphatic rings. The minimum atomic E-state index is -1.26. The zero-order valence-corrected chi connectivity index (χ0v) is 21.9. The van der Waals surface area contributed by atoms with E-state index in [1.54, 1.807) is 4.90 Å². The second-order valence-electron chi connectivity index (χ2n) is 11.0. The van der Waals surface area contributed by atoms with Crippen LogP contribution in [0, 0.1) is 5.92 Å². The predicted molar refractivity (Wildman–Crippen MR) is 147 cm³/mol. The van der Waals surface area contributed by atoms with Crippen LogP contribution in [0.1, 0.15) is 36.6 Å². The Morgan fingerprint density at radius 1 is 0.974 bits per heavy atom. The van der Waals surface area contributed by atoms with Crippen LogP contribution in [0.4, 0.5) is 5.69 Å². The van der Waals surface area contributed by atoms with Gasteiger partial charge in [0, 0.05) is 24.3 Å². The maximum Gasteiger partial charge on any atom is 0.312 e. The van der Waals surface area contributed by atoms with Crippen molar-refractivity contribution in [2.45, 2.75) is 36.8 Å². The number of hydrogen-bond donors (Lipinski definition) is 0. The molecular formula is C32H28N4O3. The molecule has 194 valence electrons. The van der Waals surface area contributed by atoms with Gasteiger partial charge >= 0.3 is 5.97 Å². The van der Waals surface area contributed by atoms with Gasteiger partial charge in [0.05, 0.1) is 34.9 Å². The van der Waals surface area contributed by atoms with E-state index in [-0.39, 0.29) is 24.5 Å². The number of rotatable bonds is 2. The lowest BCUT2D eigenvalue weighted by Gasteiger charge is -2.46. The zero-order valence-electron chi connectivity index (χ0n) is 21.9. The average Bonchev–Trinajstić information content (AvgIpc) is 3.66. The van der Waals surface area contributed by atoms with Crippen molar-refractivity contribution in [3.8, 4) is 11.3 Å². The van der Waals surface area contributed by atoms with Crippen molar-refractivity contribution >= 4 is 28.6 Å². The molecule has 0 unspecified atom stereocenters. The molecule has 1 aliphatic carbocycles. The molecule has 39 heavy (non-hydrogen) atoms. The van der Waals surface area contributed by atoms with Gasteiger partial charge < -0.3 is 9.64 Å². The first-order chi connectivity index (χ1) is 19.1. The molecule has 3 aliphatic heterocycles. The van der Waals surface area contributed by atoms with Crippen molar-refractivity contribution in [1.29, 1.82) is 0 Å². The summed E-state index contributed by atoms with van der Waals surface area (Å²) in [4.78, 5) is 43.8. The summed E-state index contributed by atoms with van der Waals surface area (Å²) in [5.41, 5.74) is 4.54. The number of amides is 1. The highest BCUT2D eigenvalue weighted by molar-refractivity contribution is 6.13. The number of aromatic nitrogens is 2. The maximum absolute atomic E-state index is 15.0. The molecule has 0 N–H and O–H groups in total. The van der Waals surface area contributed by atoms with Gasteiger partial charge in [-0.15, -0.1) is 0 Å². The number of likely N-dealkylation sites (N-methyl/N-ethyl adjacent to an activating group) is 1. The quantitative estimate of drug-likeness (QED) is 0.367. The fourth-order valence-electron chi connectivity index (χ4n) is 8.36. The van der Waals surface area contributed by atoms with Gasteiger partial charge in [-0.3, -0.25) is 14.5 Å². The highest BCUT2D eigenvalue weighted by Crippen LogP contribution is 2.71. The SMILES string of the molecule is CCOC(=O)[C@H]1[C@@H]2CCCN2[C@@]2(c3ccccc3-c3nc4ccccc4nc32)[C@]12C(=O)N(C)c1ccccc12. The maximum atomic E-state index is 15.0. The van der Waals surface area contributed by atoms with Crippen molar-refractivity contribution in [2.24, 2.45) is 5.92 Å². The summed E-state index contributed by atoms with van der Waals surface area (Å²) >= 11 is 0. The fourth-order valence-corrected chi connectivity index (χ4v) is 8.36. The van der Waals surface area contributed by atoms with E-state index in [1.807, 2.05) is 74.6 Å². The number of fused-ring (bicyclic) bond motifs is 11. The Balaban J connectivity index is 1.58. The standard InChI is InChI=1S/C32H28N4O3/c1-3-39-29(37)26-25-17-10-18-36(25)32(31(26)21-13-6-9-16-24(21)35(2)30(31)38)20-12-5-4-11-19(20)27-28(32)34-23-15-8-7-14-22(23)33-27/h4-9,11-16,25-26H,3,10,17-18H2,1-2H3/t25-,26+,31-,32+/m0/s1. The minimum Gasteiger partial charge on any atom is -0.466 e. The molecule has 1 amide bonds. The van der Waals surface area contributed by atoms with Gasteiger partial charge in [0.25, 0.3) is 0 Å². The van der Waals surface area contributed by atoms with Crippen molar-refractivity contribution in [1.82, 2.24) is 14.9 Å². The van der Waals surface area contributed by atoms with Crippen LogP contribution in [-0.4, -0.2) is 53.0 Å². The van der Waals surface area contributed by atoms with E-state index in [4.69, 9.17) is 14.7 Å². The first kappa shape index (κ1) is 22.8. The second-order valence-corrected chi connectivity index (χ2v) is 11.0. The Morgan fingerprint density at radius 2 is 1.67 bits per heavy atom. The summed E-state index contributed by atoms with van der Waals surface area (Å²) in [6.07, 6.45) is 1.74. The third kappa shape index (κ3) is 2.44. The molecule has 1 aromatic heterocycles. The van der Waals surface area contributed by atoms with Crippen LogP contribution in [0.3, 0.4) is 0 Å². The molecule has 4 aromatic rings. The van der Waals surface area contributed by atoms with Crippen LogP contribution >= 0.6 is 0 Å². The third-order valence-electron chi connectivity index (χ3n) is 9.51. The minimum absolute atomic E-state index is 0.0891. The van der Waals surface area contributed by atoms with E-state index in [2.05, 4.69) is 17.0 Å². The number of para-hydroxylation sites is 3. The molecule has 7 nitrogen and oxygen atoms in total. The van der Waals surface area contributed by atoms with Gasteiger partial charge in [0.1, 0.15) is 11.0 Å². The molecule has 2 fully saturated rings. The van der Waals surface area contributed by atoms with Gasteiger partial charge in [-0.05, 0) is 55.6 Å². The number of esters is 1. The Hall–Kier alpha value is -4.10. The number of ether oxygens (including phenoxy) is 1. The molecule has 4 atom stereocenters. The van der Waals surface area contributed by atoms with E-state index < -0.39 is 16.9 Å². The van der Waals surface area contributed by atoms with Crippen LogP contribution in [0.25, 0.3) is 22.3 Å². The summed E-state index contributed by atoms with van der Waals surface area (Å²) in [5.74, 6) is -1.09. The summed E-state index contributed by atoms with van der Waals surface area (Å²) in [7, 11) is 1.82. The number of hydrogen-bond acceptors (Lipinski definition) is 6. The average molecular weight is 517 g/mol. The lowest BCUT2D eigenvalue weighted by atomic mass is 9.58. The molecular weight excluding hydrogens is 488 g/mol. The number of benzene rings is 3.